The smallest absolute Gasteiger partial charge is 0.217 e. The van der Waals surface area contributed by atoms with Crippen LogP contribution in [-0.2, 0) is 4.74 Å². The van der Waals surface area contributed by atoms with Gasteiger partial charge in [0.25, 0.3) is 0 Å². The number of aromatic amines is 1. The summed E-state index contributed by atoms with van der Waals surface area (Å²) in [4.78, 5) is 13.5. The molecule has 1 unspecified atom stereocenters. The van der Waals surface area contributed by atoms with Gasteiger partial charge in [-0.05, 0) is 23.3 Å². The molecule has 3 aromatic rings. The first kappa shape index (κ1) is 18.3. The third kappa shape index (κ3) is 3.11. The van der Waals surface area contributed by atoms with Gasteiger partial charge in [0.1, 0.15) is 18.3 Å². The first-order valence-electron chi connectivity index (χ1n) is 9.53. The molecule has 5 rings (SSSR count). The van der Waals surface area contributed by atoms with Crippen molar-refractivity contribution in [1.29, 1.82) is 0 Å². The van der Waals surface area contributed by atoms with Crippen LogP contribution in [0.25, 0.3) is 22.8 Å². The fraction of sp³-hybridized carbons (Fsp3) is 0.625. The van der Waals surface area contributed by atoms with Gasteiger partial charge in [0.15, 0.2) is 23.2 Å². The number of aliphatic hydroxyl groups is 3. The molecule has 13 nitrogen and oxygen atoms in total. The molecule has 2 aliphatic rings. The predicted octanol–water partition coefficient (Wildman–Crippen LogP) is -1.03. The number of hydrogen-bond donors (Lipinski definition) is 5. The van der Waals surface area contributed by atoms with Crippen LogP contribution in [0.3, 0.4) is 0 Å². The molecule has 13 heteroatoms. The summed E-state index contributed by atoms with van der Waals surface area (Å²) >= 11 is 0. The Morgan fingerprint density at radius 1 is 1.21 bits per heavy atom. The van der Waals surface area contributed by atoms with Gasteiger partial charge >= 0.3 is 0 Å². The quantitative estimate of drug-likeness (QED) is 0.351. The number of aliphatic hydroxyl groups excluding tert-OH is 3. The fourth-order valence-corrected chi connectivity index (χ4v) is 3.94. The number of tetrazole rings is 1. The van der Waals surface area contributed by atoms with E-state index < -0.39 is 31.1 Å². The lowest BCUT2D eigenvalue weighted by Crippen LogP contribution is -2.33. The fourth-order valence-electron chi connectivity index (χ4n) is 3.94. The number of nitrogens with zero attached hydrogens (tertiary/aromatic N) is 7. The highest BCUT2D eigenvalue weighted by atomic mass is 16.6. The first-order chi connectivity index (χ1) is 14.2. The lowest BCUT2D eigenvalue weighted by atomic mass is 10.1. The Morgan fingerprint density at radius 2 is 2.03 bits per heavy atom. The number of imidazole rings is 1. The van der Waals surface area contributed by atoms with Crippen molar-refractivity contribution < 1.29 is 20.1 Å². The Morgan fingerprint density at radius 3 is 2.72 bits per heavy atom. The Bertz CT molecular complexity index is 988. The maximum absolute atomic E-state index is 10.4. The maximum atomic E-state index is 10.4. The van der Waals surface area contributed by atoms with E-state index in [1.807, 2.05) is 0 Å². The number of fused-ring (bicyclic) bond motifs is 1. The minimum Gasteiger partial charge on any atom is -0.394 e. The Balaban J connectivity index is 1.60. The molecule has 1 saturated carbocycles. The van der Waals surface area contributed by atoms with Gasteiger partial charge in [0.05, 0.1) is 12.9 Å². The van der Waals surface area contributed by atoms with Crippen LogP contribution in [0.15, 0.2) is 6.33 Å². The van der Waals surface area contributed by atoms with Gasteiger partial charge in [-0.3, -0.25) is 4.57 Å². The van der Waals surface area contributed by atoms with E-state index in [9.17, 15) is 15.3 Å². The highest BCUT2D eigenvalue weighted by Gasteiger charge is 2.44. The van der Waals surface area contributed by atoms with E-state index in [1.165, 1.54) is 10.9 Å². The molecule has 1 aliphatic heterocycles. The van der Waals surface area contributed by atoms with E-state index >= 15 is 0 Å². The molecule has 0 amide bonds. The van der Waals surface area contributed by atoms with Crippen molar-refractivity contribution in [2.75, 3.05) is 11.9 Å². The number of hydrogen-bond acceptors (Lipinski definition) is 11. The van der Waals surface area contributed by atoms with Crippen molar-refractivity contribution in [2.24, 2.45) is 0 Å². The highest BCUT2D eigenvalue weighted by Crippen LogP contribution is 2.33. The zero-order chi connectivity index (χ0) is 20.0. The number of H-pyrrole nitrogens is 1. The summed E-state index contributed by atoms with van der Waals surface area (Å²) in [6, 6.07) is 0.285. The van der Waals surface area contributed by atoms with Gasteiger partial charge in [-0.1, -0.05) is 12.8 Å². The van der Waals surface area contributed by atoms with Crippen molar-refractivity contribution in [3.05, 3.63) is 6.33 Å². The Kier molecular flexibility index (Phi) is 4.58. The number of nitrogens with one attached hydrogen (secondary N) is 2. The molecule has 0 aromatic carbocycles. The van der Waals surface area contributed by atoms with Crippen molar-refractivity contribution in [2.45, 2.75) is 56.3 Å². The molecular formula is C16H21N9O4. The zero-order valence-electron chi connectivity index (χ0n) is 15.4. The van der Waals surface area contributed by atoms with E-state index in [2.05, 4.69) is 40.9 Å². The zero-order valence-corrected chi connectivity index (χ0v) is 15.4. The minimum atomic E-state index is -1.25. The second kappa shape index (κ2) is 7.26. The van der Waals surface area contributed by atoms with E-state index in [1.54, 1.807) is 0 Å². The second-order valence-corrected chi connectivity index (χ2v) is 7.32. The summed E-state index contributed by atoms with van der Waals surface area (Å²) < 4.78 is 7.16. The lowest BCUT2D eigenvalue weighted by Gasteiger charge is -2.17. The van der Waals surface area contributed by atoms with E-state index in [0.29, 0.717) is 17.0 Å². The largest absolute Gasteiger partial charge is 0.394 e. The van der Waals surface area contributed by atoms with Crippen molar-refractivity contribution in [3.63, 3.8) is 0 Å². The molecule has 2 fully saturated rings. The second-order valence-electron chi connectivity index (χ2n) is 7.32. The van der Waals surface area contributed by atoms with Crippen LogP contribution >= 0.6 is 0 Å². The van der Waals surface area contributed by atoms with Crippen LogP contribution in [0.4, 0.5) is 5.82 Å². The van der Waals surface area contributed by atoms with Crippen LogP contribution in [0.2, 0.25) is 0 Å². The first-order valence-corrected chi connectivity index (χ1v) is 9.53. The Hall–Kier alpha value is -2.74. The number of rotatable bonds is 5. The van der Waals surface area contributed by atoms with Crippen molar-refractivity contribution >= 4 is 17.0 Å². The minimum absolute atomic E-state index is 0.261. The molecule has 0 bridgehead atoms. The number of aromatic nitrogens is 8. The molecule has 5 N–H and O–H groups in total. The summed E-state index contributed by atoms with van der Waals surface area (Å²) in [7, 11) is 0. The maximum Gasteiger partial charge on any atom is 0.217 e. The van der Waals surface area contributed by atoms with Gasteiger partial charge in [0.2, 0.25) is 11.6 Å². The third-order valence-electron chi connectivity index (χ3n) is 5.47. The third-order valence-corrected chi connectivity index (χ3v) is 5.47. The highest BCUT2D eigenvalue weighted by molar-refractivity contribution is 5.84. The van der Waals surface area contributed by atoms with E-state index in [4.69, 9.17) is 4.74 Å². The molecule has 4 heterocycles. The monoisotopic (exact) mass is 403 g/mol. The van der Waals surface area contributed by atoms with Crippen LogP contribution in [0.5, 0.6) is 0 Å². The van der Waals surface area contributed by atoms with Crippen LogP contribution in [0.1, 0.15) is 31.9 Å². The molecule has 1 saturated heterocycles. The molecule has 4 atom stereocenters. The topological polar surface area (TPSA) is 180 Å². The number of anilines is 1. The van der Waals surface area contributed by atoms with Crippen LogP contribution in [0, 0.1) is 0 Å². The van der Waals surface area contributed by atoms with E-state index in [0.717, 1.165) is 25.7 Å². The SMILES string of the molecule is OC[C@H]1OC(n2cnc3c(NC4CCCC4)nc(-c4nnn[nH]4)nc32)[C@H](O)[C@@H]1O. The van der Waals surface area contributed by atoms with Gasteiger partial charge < -0.3 is 25.4 Å². The van der Waals surface area contributed by atoms with Crippen molar-refractivity contribution in [1.82, 2.24) is 40.1 Å². The molecule has 154 valence electrons. The average Bonchev–Trinajstić information content (AvgIpc) is 3.51. The standard InChI is InChI=1S/C16H21N9O4/c26-5-8-10(27)11(28)16(29-8)25-6-17-9-12(18-7-3-1-2-4-7)19-13(20-15(9)25)14-21-23-24-22-14/h6-8,10-11,16,26-28H,1-5H2,(H,18,19,20)(H,21,22,23,24)/t8-,10-,11-,16?/m1/s1. The Labute approximate surface area is 164 Å². The molecule has 0 spiro atoms. The predicted molar refractivity (Wildman–Crippen MR) is 97.4 cm³/mol. The summed E-state index contributed by atoms with van der Waals surface area (Å²) in [5.41, 5.74) is 0.896. The number of ether oxygens (including phenoxy) is 1. The van der Waals surface area contributed by atoms with Gasteiger partial charge in [-0.2, -0.15) is 0 Å². The molecule has 3 aromatic heterocycles. The van der Waals surface area contributed by atoms with Crippen LogP contribution in [-0.4, -0.2) is 86.4 Å². The summed E-state index contributed by atoms with van der Waals surface area (Å²) in [6.45, 7) is -0.417. The average molecular weight is 403 g/mol. The van der Waals surface area contributed by atoms with Gasteiger partial charge in [0, 0.05) is 6.04 Å². The lowest BCUT2D eigenvalue weighted by molar-refractivity contribution is -0.0511. The molecule has 0 radical (unpaired) electrons. The van der Waals surface area contributed by atoms with Gasteiger partial charge in [-0.25, -0.2) is 20.1 Å². The molecule has 29 heavy (non-hydrogen) atoms. The summed E-state index contributed by atoms with van der Waals surface area (Å²) in [6.07, 6.45) is 1.54. The van der Waals surface area contributed by atoms with Crippen molar-refractivity contribution in [3.8, 4) is 11.6 Å². The van der Waals surface area contributed by atoms with Crippen LogP contribution < -0.4 is 5.32 Å². The summed E-state index contributed by atoms with van der Waals surface area (Å²) in [5.74, 6) is 1.09. The summed E-state index contributed by atoms with van der Waals surface area (Å²) in [5, 5.41) is 47.0. The molecule has 1 aliphatic carbocycles. The normalized spacial score (nSPS) is 27.8. The van der Waals surface area contributed by atoms with Gasteiger partial charge in [-0.15, -0.1) is 5.10 Å². The molecular weight excluding hydrogens is 382 g/mol. The van der Waals surface area contributed by atoms with E-state index in [-0.39, 0.29) is 17.7 Å².